The highest BCUT2D eigenvalue weighted by molar-refractivity contribution is 8.26. The molecule has 1 amide bonds. The first-order chi connectivity index (χ1) is 15.5. The minimum absolute atomic E-state index is 0.0484. The van der Waals surface area contributed by atoms with Gasteiger partial charge >= 0.3 is 0 Å². The van der Waals surface area contributed by atoms with Crippen molar-refractivity contribution in [2.75, 3.05) is 0 Å². The Labute approximate surface area is 194 Å². The average Bonchev–Trinajstić information content (AvgIpc) is 3.07. The number of thiocarbonyl (C=S) groups is 1. The minimum atomic E-state index is -0.432. The van der Waals surface area contributed by atoms with Crippen LogP contribution in [0.15, 0.2) is 83.8 Å². The van der Waals surface area contributed by atoms with Gasteiger partial charge in [0, 0.05) is 12.1 Å². The molecule has 4 rings (SSSR count). The van der Waals surface area contributed by atoms with Gasteiger partial charge in [-0.15, -0.1) is 0 Å². The maximum atomic E-state index is 12.8. The Morgan fingerprint density at radius 3 is 2.31 bits per heavy atom. The zero-order valence-corrected chi connectivity index (χ0v) is 18.5. The molecule has 1 aliphatic rings. The predicted molar refractivity (Wildman–Crippen MR) is 129 cm³/mol. The molecule has 0 saturated carbocycles. The lowest BCUT2D eigenvalue weighted by atomic mass is 10.2. The Morgan fingerprint density at radius 1 is 0.969 bits per heavy atom. The third kappa shape index (κ3) is 5.22. The number of nitrogens with zero attached hydrogens (tertiary/aromatic N) is 2. The summed E-state index contributed by atoms with van der Waals surface area (Å²) in [6.07, 6.45) is 1.82. The highest BCUT2D eigenvalue weighted by atomic mass is 32.2. The molecular formula is C24H18N2O4S2. The topological polar surface area (TPSA) is 72.7 Å². The molecule has 3 aromatic carbocycles. The van der Waals surface area contributed by atoms with E-state index in [1.165, 1.54) is 23.9 Å². The molecular weight excluding hydrogens is 444 g/mol. The van der Waals surface area contributed by atoms with Crippen molar-refractivity contribution in [2.45, 2.75) is 13.2 Å². The molecule has 0 aliphatic carbocycles. The Morgan fingerprint density at radius 2 is 1.66 bits per heavy atom. The first-order valence-electron chi connectivity index (χ1n) is 9.75. The minimum Gasteiger partial charge on any atom is -0.489 e. The molecule has 32 heavy (non-hydrogen) atoms. The summed E-state index contributed by atoms with van der Waals surface area (Å²) < 4.78 is 6.30. The van der Waals surface area contributed by atoms with Crippen molar-refractivity contribution in [3.63, 3.8) is 0 Å². The molecule has 0 radical (unpaired) electrons. The summed E-state index contributed by atoms with van der Waals surface area (Å²) in [5, 5.41) is 10.7. The summed E-state index contributed by atoms with van der Waals surface area (Å²) in [7, 11) is 0. The number of thioether (sulfide) groups is 1. The van der Waals surface area contributed by atoms with Crippen molar-refractivity contribution in [3.8, 4) is 5.75 Å². The number of ether oxygens (including phenoxy) is 1. The van der Waals surface area contributed by atoms with Crippen LogP contribution in [0.1, 0.15) is 16.7 Å². The Hall–Kier alpha value is -3.49. The molecule has 0 N–H and O–H groups in total. The van der Waals surface area contributed by atoms with Crippen LogP contribution in [0.25, 0.3) is 6.08 Å². The highest BCUT2D eigenvalue weighted by Crippen LogP contribution is 2.33. The van der Waals surface area contributed by atoms with Crippen LogP contribution >= 0.6 is 24.0 Å². The fourth-order valence-corrected chi connectivity index (χ4v) is 4.35. The van der Waals surface area contributed by atoms with Crippen LogP contribution in [-0.4, -0.2) is 20.1 Å². The van der Waals surface area contributed by atoms with Crippen molar-refractivity contribution in [2.24, 2.45) is 0 Å². The van der Waals surface area contributed by atoms with E-state index in [1.807, 2.05) is 60.7 Å². The molecule has 1 aliphatic heterocycles. The Kier molecular flexibility index (Phi) is 6.63. The van der Waals surface area contributed by atoms with Crippen LogP contribution in [0.4, 0.5) is 5.69 Å². The largest absolute Gasteiger partial charge is 0.489 e. The zero-order valence-electron chi connectivity index (χ0n) is 16.8. The van der Waals surface area contributed by atoms with Gasteiger partial charge in [0.1, 0.15) is 16.7 Å². The van der Waals surface area contributed by atoms with Gasteiger partial charge in [-0.1, -0.05) is 66.4 Å². The van der Waals surface area contributed by atoms with Crippen molar-refractivity contribution in [1.29, 1.82) is 0 Å². The lowest BCUT2D eigenvalue weighted by Crippen LogP contribution is -2.27. The monoisotopic (exact) mass is 462 g/mol. The smallest absolute Gasteiger partial charge is 0.269 e. The van der Waals surface area contributed by atoms with Crippen LogP contribution in [0.3, 0.4) is 0 Å². The third-order valence-corrected chi connectivity index (χ3v) is 6.17. The van der Waals surface area contributed by atoms with Crippen LogP contribution in [-0.2, 0) is 17.9 Å². The third-order valence-electron chi connectivity index (χ3n) is 4.79. The molecule has 3 aromatic rings. The van der Waals surface area contributed by atoms with Gasteiger partial charge in [-0.25, -0.2) is 0 Å². The van der Waals surface area contributed by atoms with Crippen molar-refractivity contribution in [1.82, 2.24) is 4.90 Å². The molecule has 0 aromatic heterocycles. The van der Waals surface area contributed by atoms with Gasteiger partial charge in [-0.3, -0.25) is 19.8 Å². The summed E-state index contributed by atoms with van der Waals surface area (Å²) in [6.45, 7) is 0.758. The molecule has 1 fully saturated rings. The Balaban J connectivity index is 1.38. The standard InChI is InChI=1S/C24H18N2O4S2/c27-23-22(32-24(31)25(23)15-18-4-2-1-3-5-18)14-17-8-12-21(13-9-17)30-16-19-6-10-20(11-7-19)26(28)29/h1-14H,15-16H2. The molecule has 8 heteroatoms. The van der Waals surface area contributed by atoms with E-state index in [-0.39, 0.29) is 11.6 Å². The molecule has 160 valence electrons. The van der Waals surface area contributed by atoms with E-state index in [9.17, 15) is 14.9 Å². The van der Waals surface area contributed by atoms with E-state index in [0.717, 1.165) is 16.7 Å². The molecule has 1 heterocycles. The van der Waals surface area contributed by atoms with E-state index in [1.54, 1.807) is 17.0 Å². The van der Waals surface area contributed by atoms with Crippen LogP contribution in [0.2, 0.25) is 0 Å². The zero-order chi connectivity index (χ0) is 22.5. The fraction of sp³-hybridized carbons (Fsp3) is 0.0833. The second-order valence-corrected chi connectivity index (χ2v) is 8.71. The van der Waals surface area contributed by atoms with E-state index in [4.69, 9.17) is 17.0 Å². The van der Waals surface area contributed by atoms with Gasteiger partial charge < -0.3 is 4.74 Å². The number of carbonyl (C=O) groups excluding carboxylic acids is 1. The number of rotatable bonds is 7. The van der Waals surface area contributed by atoms with E-state index >= 15 is 0 Å². The first-order valence-corrected chi connectivity index (χ1v) is 11.0. The highest BCUT2D eigenvalue weighted by Gasteiger charge is 2.31. The van der Waals surface area contributed by atoms with Gasteiger partial charge in [0.25, 0.3) is 11.6 Å². The average molecular weight is 463 g/mol. The molecule has 1 saturated heterocycles. The van der Waals surface area contributed by atoms with Crippen molar-refractivity contribution >= 4 is 46.0 Å². The summed E-state index contributed by atoms with van der Waals surface area (Å²) in [4.78, 5) is 25.3. The van der Waals surface area contributed by atoms with Crippen molar-refractivity contribution in [3.05, 3.63) is 111 Å². The predicted octanol–water partition coefficient (Wildman–Crippen LogP) is 5.58. The maximum absolute atomic E-state index is 12.8. The number of nitro groups is 1. The van der Waals surface area contributed by atoms with Crippen molar-refractivity contribution < 1.29 is 14.5 Å². The molecule has 0 atom stereocenters. The van der Waals surface area contributed by atoms with Gasteiger partial charge in [-0.2, -0.15) is 0 Å². The molecule has 0 unspecified atom stereocenters. The fourth-order valence-electron chi connectivity index (χ4n) is 3.09. The number of carbonyl (C=O) groups is 1. The van der Waals surface area contributed by atoms with Crippen LogP contribution < -0.4 is 4.74 Å². The second-order valence-electron chi connectivity index (χ2n) is 7.03. The maximum Gasteiger partial charge on any atom is 0.269 e. The van der Waals surface area contributed by atoms with Gasteiger partial charge in [0.2, 0.25) is 0 Å². The number of nitro benzene ring substituents is 1. The van der Waals surface area contributed by atoms with Gasteiger partial charge in [-0.05, 0) is 47.0 Å². The van der Waals surface area contributed by atoms with Crippen LogP contribution in [0, 0.1) is 10.1 Å². The molecule has 6 nitrogen and oxygen atoms in total. The number of non-ortho nitro benzene ring substituents is 1. The lowest BCUT2D eigenvalue weighted by molar-refractivity contribution is -0.384. The van der Waals surface area contributed by atoms with E-state index in [2.05, 4.69) is 0 Å². The van der Waals surface area contributed by atoms with Gasteiger partial charge in [0.05, 0.1) is 16.4 Å². The first kappa shape index (κ1) is 21.7. The second kappa shape index (κ2) is 9.76. The number of benzene rings is 3. The van der Waals surface area contributed by atoms with Gasteiger partial charge in [0.15, 0.2) is 0 Å². The van der Waals surface area contributed by atoms with E-state index in [0.29, 0.717) is 28.1 Å². The quantitative estimate of drug-likeness (QED) is 0.198. The number of amides is 1. The summed E-state index contributed by atoms with van der Waals surface area (Å²) in [6, 6.07) is 23.4. The summed E-state index contributed by atoms with van der Waals surface area (Å²) in [5.41, 5.74) is 2.78. The summed E-state index contributed by atoms with van der Waals surface area (Å²) in [5.74, 6) is 0.569. The number of hydrogen-bond donors (Lipinski definition) is 0. The van der Waals surface area contributed by atoms with E-state index < -0.39 is 4.92 Å². The normalized spacial score (nSPS) is 14.8. The lowest BCUT2D eigenvalue weighted by Gasteiger charge is -2.14. The molecule has 0 bridgehead atoms. The Bertz CT molecular complexity index is 1180. The SMILES string of the molecule is O=C1C(=Cc2ccc(OCc3ccc([N+](=O)[O-])cc3)cc2)SC(=S)N1Cc1ccccc1. The number of hydrogen-bond acceptors (Lipinski definition) is 6. The van der Waals surface area contributed by atoms with Crippen LogP contribution in [0.5, 0.6) is 5.75 Å². The summed E-state index contributed by atoms with van der Waals surface area (Å²) >= 11 is 6.70. The molecule has 0 spiro atoms.